The molecule has 1 aliphatic rings. The van der Waals surface area contributed by atoms with Crippen LogP contribution in [0.4, 0.5) is 0 Å². The van der Waals surface area contributed by atoms with E-state index >= 15 is 0 Å². The highest BCUT2D eigenvalue weighted by Gasteiger charge is 2.36. The summed E-state index contributed by atoms with van der Waals surface area (Å²) in [6.45, 7) is 2.73. The van der Waals surface area contributed by atoms with Gasteiger partial charge in [0.15, 0.2) is 11.5 Å². The first-order valence-corrected chi connectivity index (χ1v) is 7.42. The molecule has 1 aromatic rings. The summed E-state index contributed by atoms with van der Waals surface area (Å²) in [5.74, 6) is -0.914. The summed E-state index contributed by atoms with van der Waals surface area (Å²) in [5, 5.41) is 23.2. The molecule has 0 saturated heterocycles. The number of hydrogen-bond acceptors (Lipinski definition) is 6. The van der Waals surface area contributed by atoms with E-state index in [0.29, 0.717) is 18.9 Å². The number of aromatic hydroxyl groups is 1. The summed E-state index contributed by atoms with van der Waals surface area (Å²) >= 11 is 0. The lowest BCUT2D eigenvalue weighted by molar-refractivity contribution is -0.216. The predicted molar refractivity (Wildman–Crippen MR) is 86.1 cm³/mol. The first-order valence-electron chi connectivity index (χ1n) is 7.42. The molecule has 0 spiro atoms. The summed E-state index contributed by atoms with van der Waals surface area (Å²) < 4.78 is 15.7. The number of ether oxygens (including phenoxy) is 3. The summed E-state index contributed by atoms with van der Waals surface area (Å²) in [5.41, 5.74) is 1.77. The summed E-state index contributed by atoms with van der Waals surface area (Å²) in [6.07, 6.45) is 4.50. The van der Waals surface area contributed by atoms with Crippen molar-refractivity contribution >= 4 is 0 Å². The van der Waals surface area contributed by atoms with Gasteiger partial charge in [0.2, 0.25) is 5.79 Å². The van der Waals surface area contributed by atoms with E-state index < -0.39 is 11.9 Å². The molecule has 1 aliphatic carbocycles. The van der Waals surface area contributed by atoms with E-state index in [0.717, 1.165) is 11.3 Å². The molecule has 2 unspecified atom stereocenters. The smallest absolute Gasteiger partial charge is 0.216 e. The van der Waals surface area contributed by atoms with Gasteiger partial charge in [0, 0.05) is 26.0 Å². The molecule has 1 aromatic carbocycles. The van der Waals surface area contributed by atoms with E-state index in [1.54, 1.807) is 30.4 Å². The molecular weight excluding hydrogens is 298 g/mol. The van der Waals surface area contributed by atoms with E-state index in [1.165, 1.54) is 14.2 Å². The third kappa shape index (κ3) is 4.04. The number of methoxy groups -OCH3 is 2. The van der Waals surface area contributed by atoms with Gasteiger partial charge in [-0.15, -0.1) is 0 Å². The molecule has 0 aliphatic heterocycles. The summed E-state index contributed by atoms with van der Waals surface area (Å²) in [6, 6.07) is 5.16. The van der Waals surface area contributed by atoms with E-state index in [2.05, 4.69) is 5.32 Å². The fraction of sp³-hybridized carbons (Fsp3) is 0.412. The monoisotopic (exact) mass is 321 g/mol. The molecule has 0 saturated carbocycles. The van der Waals surface area contributed by atoms with Crippen molar-refractivity contribution in [3.63, 3.8) is 0 Å². The minimum absolute atomic E-state index is 0.106. The van der Waals surface area contributed by atoms with Gasteiger partial charge in [-0.05, 0) is 42.8 Å². The van der Waals surface area contributed by atoms with Gasteiger partial charge >= 0.3 is 0 Å². The van der Waals surface area contributed by atoms with Gasteiger partial charge in [-0.1, -0.05) is 6.07 Å². The van der Waals surface area contributed by atoms with Crippen LogP contribution in [0.1, 0.15) is 12.5 Å². The Morgan fingerprint density at radius 1 is 1.30 bits per heavy atom. The Morgan fingerprint density at radius 2 is 2.09 bits per heavy atom. The Bertz CT molecular complexity index is 599. The highest BCUT2D eigenvalue weighted by Crippen LogP contribution is 2.27. The number of aliphatic hydroxyl groups is 1. The maximum Gasteiger partial charge on any atom is 0.216 e. The lowest BCUT2D eigenvalue weighted by atomic mass is 10.0. The van der Waals surface area contributed by atoms with Crippen LogP contribution < -0.4 is 10.1 Å². The fourth-order valence-corrected chi connectivity index (χ4v) is 2.39. The van der Waals surface area contributed by atoms with E-state index in [9.17, 15) is 10.2 Å². The molecule has 0 bridgehead atoms. The van der Waals surface area contributed by atoms with Crippen LogP contribution >= 0.6 is 0 Å². The van der Waals surface area contributed by atoms with Crippen molar-refractivity contribution < 1.29 is 24.4 Å². The zero-order valence-electron chi connectivity index (χ0n) is 13.6. The lowest BCUT2D eigenvalue weighted by Crippen LogP contribution is -2.45. The number of benzene rings is 1. The van der Waals surface area contributed by atoms with Crippen molar-refractivity contribution in [2.45, 2.75) is 25.4 Å². The number of allylic oxidation sites excluding steroid dienone is 1. The van der Waals surface area contributed by atoms with Gasteiger partial charge in [-0.3, -0.25) is 0 Å². The average molecular weight is 321 g/mol. The maximum atomic E-state index is 10.4. The summed E-state index contributed by atoms with van der Waals surface area (Å²) in [7, 11) is 3.03. The van der Waals surface area contributed by atoms with Gasteiger partial charge in [0.25, 0.3) is 0 Å². The maximum absolute atomic E-state index is 10.4. The third-order valence-electron chi connectivity index (χ3n) is 3.61. The molecule has 0 aromatic heterocycles. The van der Waals surface area contributed by atoms with Crippen LogP contribution in [0.3, 0.4) is 0 Å². The SMILES string of the molecule is CCOC1(O)C=CC(NCc2ccc(O)c(OC)c2)=CC1OC. The zero-order valence-corrected chi connectivity index (χ0v) is 13.6. The molecule has 0 heterocycles. The largest absolute Gasteiger partial charge is 0.504 e. The van der Waals surface area contributed by atoms with Gasteiger partial charge in [0.05, 0.1) is 7.11 Å². The predicted octanol–water partition coefficient (Wildman–Crippen LogP) is 1.68. The van der Waals surface area contributed by atoms with Crippen LogP contribution in [-0.2, 0) is 16.0 Å². The van der Waals surface area contributed by atoms with Gasteiger partial charge in [0.1, 0.15) is 6.10 Å². The fourth-order valence-electron chi connectivity index (χ4n) is 2.39. The topological polar surface area (TPSA) is 80.2 Å². The van der Waals surface area contributed by atoms with Crippen molar-refractivity contribution in [1.82, 2.24) is 5.32 Å². The Morgan fingerprint density at radius 3 is 2.74 bits per heavy atom. The van der Waals surface area contributed by atoms with Crippen LogP contribution in [0, 0.1) is 0 Å². The van der Waals surface area contributed by atoms with Crippen LogP contribution in [-0.4, -0.2) is 42.9 Å². The molecule has 0 amide bonds. The highest BCUT2D eigenvalue weighted by atomic mass is 16.6. The Kier molecular flexibility index (Phi) is 5.65. The number of phenolic OH excluding ortho intramolecular Hbond substituents is 1. The second-order valence-corrected chi connectivity index (χ2v) is 5.16. The zero-order chi connectivity index (χ0) is 16.9. The van der Waals surface area contributed by atoms with E-state index in [4.69, 9.17) is 14.2 Å². The van der Waals surface area contributed by atoms with Gasteiger partial charge in [-0.25, -0.2) is 0 Å². The Hall–Kier alpha value is -2.02. The quantitative estimate of drug-likeness (QED) is 0.663. The lowest BCUT2D eigenvalue weighted by Gasteiger charge is -2.33. The number of rotatable bonds is 7. The minimum Gasteiger partial charge on any atom is -0.504 e. The standard InChI is InChI=1S/C17H23NO5/c1-4-23-17(20)8-7-13(10-16(17)22-3)18-11-12-5-6-14(19)15(9-12)21-2/h5-10,16,18-20H,4,11H2,1-3H3. The van der Waals surface area contributed by atoms with E-state index in [1.807, 2.05) is 13.0 Å². The van der Waals surface area contributed by atoms with E-state index in [-0.39, 0.29) is 5.75 Å². The first-order chi connectivity index (χ1) is 11.0. The number of phenols is 1. The van der Waals surface area contributed by atoms with Crippen LogP contribution in [0.25, 0.3) is 0 Å². The van der Waals surface area contributed by atoms with Crippen molar-refractivity contribution in [3.8, 4) is 11.5 Å². The molecule has 0 radical (unpaired) electrons. The first kappa shape index (κ1) is 17.3. The number of hydrogen-bond donors (Lipinski definition) is 3. The highest BCUT2D eigenvalue weighted by molar-refractivity contribution is 5.42. The van der Waals surface area contributed by atoms with Crippen LogP contribution in [0.2, 0.25) is 0 Å². The molecular formula is C17H23NO5. The molecule has 2 rings (SSSR count). The second-order valence-electron chi connectivity index (χ2n) is 5.16. The van der Waals surface area contributed by atoms with Gasteiger partial charge in [-0.2, -0.15) is 0 Å². The molecule has 126 valence electrons. The van der Waals surface area contributed by atoms with Gasteiger partial charge < -0.3 is 29.7 Å². The molecule has 0 fully saturated rings. The van der Waals surface area contributed by atoms with Crippen LogP contribution in [0.15, 0.2) is 42.1 Å². The van der Waals surface area contributed by atoms with Crippen molar-refractivity contribution in [1.29, 1.82) is 0 Å². The minimum atomic E-state index is -1.45. The third-order valence-corrected chi connectivity index (χ3v) is 3.61. The Labute approximate surface area is 136 Å². The van der Waals surface area contributed by atoms with Crippen molar-refractivity contribution in [3.05, 3.63) is 47.7 Å². The number of nitrogens with one attached hydrogen (secondary N) is 1. The molecule has 6 nitrogen and oxygen atoms in total. The molecule has 2 atom stereocenters. The molecule has 3 N–H and O–H groups in total. The Balaban J connectivity index is 2.04. The normalized spacial score (nSPS) is 23.5. The van der Waals surface area contributed by atoms with Crippen molar-refractivity contribution in [2.24, 2.45) is 0 Å². The second kappa shape index (κ2) is 7.50. The summed E-state index contributed by atoms with van der Waals surface area (Å²) in [4.78, 5) is 0. The average Bonchev–Trinajstić information content (AvgIpc) is 2.55. The van der Waals surface area contributed by atoms with Crippen molar-refractivity contribution in [2.75, 3.05) is 20.8 Å². The molecule has 23 heavy (non-hydrogen) atoms. The molecule has 6 heteroatoms. The van der Waals surface area contributed by atoms with Crippen LogP contribution in [0.5, 0.6) is 11.5 Å².